The maximum absolute atomic E-state index is 13.2. The first kappa shape index (κ1) is 19.2. The predicted molar refractivity (Wildman–Crippen MR) is 114 cm³/mol. The molecule has 28 heavy (non-hydrogen) atoms. The van der Waals surface area contributed by atoms with Crippen molar-refractivity contribution >= 4 is 28.8 Å². The largest absolute Gasteiger partial charge is 0.333 e. The van der Waals surface area contributed by atoms with Gasteiger partial charge in [-0.2, -0.15) is 0 Å². The first-order valence-corrected chi connectivity index (χ1v) is 11.2. The third kappa shape index (κ3) is 3.48. The molecule has 1 aliphatic heterocycles. The van der Waals surface area contributed by atoms with Crippen LogP contribution in [-0.4, -0.2) is 28.8 Å². The maximum Gasteiger partial charge on any atom is 0.268 e. The lowest BCUT2D eigenvalue weighted by Crippen LogP contribution is -2.50. The van der Waals surface area contributed by atoms with Crippen LogP contribution in [0.5, 0.6) is 0 Å². The van der Waals surface area contributed by atoms with Gasteiger partial charge in [-0.15, -0.1) is 11.3 Å². The van der Waals surface area contributed by atoms with E-state index < -0.39 is 0 Å². The molecule has 0 radical (unpaired) electrons. The van der Waals surface area contributed by atoms with Crippen LogP contribution in [-0.2, 0) is 4.79 Å². The summed E-state index contributed by atoms with van der Waals surface area (Å²) >= 11 is 1.48. The van der Waals surface area contributed by atoms with E-state index in [-0.39, 0.29) is 23.9 Å². The quantitative estimate of drug-likeness (QED) is 0.696. The van der Waals surface area contributed by atoms with Crippen LogP contribution in [0.25, 0.3) is 0 Å². The van der Waals surface area contributed by atoms with Crippen molar-refractivity contribution in [1.82, 2.24) is 4.90 Å². The zero-order chi connectivity index (χ0) is 19.7. The van der Waals surface area contributed by atoms with Crippen molar-refractivity contribution in [2.24, 2.45) is 0 Å². The molecule has 0 saturated heterocycles. The Kier molecular flexibility index (Phi) is 5.54. The normalized spacial score (nSPS) is 22.6. The van der Waals surface area contributed by atoms with Crippen molar-refractivity contribution < 1.29 is 9.59 Å². The van der Waals surface area contributed by atoms with E-state index in [0.29, 0.717) is 6.04 Å². The van der Waals surface area contributed by atoms with Crippen LogP contribution in [0.1, 0.15) is 73.6 Å². The average molecular weight is 397 g/mol. The number of amides is 2. The molecule has 1 saturated carbocycles. The summed E-state index contributed by atoms with van der Waals surface area (Å²) in [7, 11) is 0. The molecule has 1 fully saturated rings. The minimum absolute atomic E-state index is 0.0409. The Morgan fingerprint density at radius 1 is 1.07 bits per heavy atom. The number of thiophene rings is 1. The first-order valence-electron chi connectivity index (χ1n) is 10.3. The number of hydrogen-bond acceptors (Lipinski definition) is 3. The standard InChI is InChI=1S/C23H28N2O2S/c1-16-15-21(25(17(2)26)18-9-4-3-5-10-18)19-11-6-7-12-20(19)24(16)23(27)22-13-8-14-28-22/h6-8,11-14,16,18,21H,3-5,9-10,15H2,1-2H3/t16-,21+/m1/s1. The zero-order valence-corrected chi connectivity index (χ0v) is 17.5. The Bertz CT molecular complexity index is 842. The molecule has 2 aromatic rings. The third-order valence-electron chi connectivity index (χ3n) is 6.18. The van der Waals surface area contributed by atoms with Crippen molar-refractivity contribution in [3.05, 3.63) is 52.2 Å². The van der Waals surface area contributed by atoms with Gasteiger partial charge in [-0.1, -0.05) is 43.5 Å². The van der Waals surface area contributed by atoms with Gasteiger partial charge in [0, 0.05) is 24.7 Å². The van der Waals surface area contributed by atoms with Gasteiger partial charge < -0.3 is 9.80 Å². The Morgan fingerprint density at radius 2 is 1.82 bits per heavy atom. The number of hydrogen-bond donors (Lipinski definition) is 0. The highest BCUT2D eigenvalue weighted by molar-refractivity contribution is 7.12. The van der Waals surface area contributed by atoms with E-state index in [1.54, 1.807) is 6.92 Å². The van der Waals surface area contributed by atoms with Gasteiger partial charge in [0.05, 0.1) is 10.9 Å². The Hall–Kier alpha value is -2.14. The summed E-state index contributed by atoms with van der Waals surface area (Å²) in [6.07, 6.45) is 6.62. The molecule has 2 amide bonds. The minimum Gasteiger partial charge on any atom is -0.333 e. The van der Waals surface area contributed by atoms with Crippen LogP contribution in [0.4, 0.5) is 5.69 Å². The number of para-hydroxylation sites is 1. The molecular weight excluding hydrogens is 368 g/mol. The summed E-state index contributed by atoms with van der Waals surface area (Å²) in [5.41, 5.74) is 2.05. The van der Waals surface area contributed by atoms with E-state index in [2.05, 4.69) is 17.9 Å². The molecule has 1 aliphatic carbocycles. The molecular formula is C23H28N2O2S. The fraction of sp³-hybridized carbons (Fsp3) is 0.478. The molecule has 0 unspecified atom stereocenters. The van der Waals surface area contributed by atoms with Crippen LogP contribution in [0.3, 0.4) is 0 Å². The van der Waals surface area contributed by atoms with E-state index in [1.807, 2.05) is 40.6 Å². The molecule has 2 atom stereocenters. The molecule has 148 valence electrons. The number of nitrogens with zero attached hydrogens (tertiary/aromatic N) is 2. The van der Waals surface area contributed by atoms with Crippen molar-refractivity contribution in [1.29, 1.82) is 0 Å². The average Bonchev–Trinajstić information content (AvgIpc) is 3.23. The molecule has 0 N–H and O–H groups in total. The van der Waals surface area contributed by atoms with Gasteiger partial charge in [-0.05, 0) is 49.3 Å². The van der Waals surface area contributed by atoms with Gasteiger partial charge >= 0.3 is 0 Å². The molecule has 4 nitrogen and oxygen atoms in total. The Balaban J connectivity index is 1.72. The van der Waals surface area contributed by atoms with Gasteiger partial charge in [0.25, 0.3) is 5.91 Å². The number of fused-ring (bicyclic) bond motifs is 1. The zero-order valence-electron chi connectivity index (χ0n) is 16.6. The van der Waals surface area contributed by atoms with Gasteiger partial charge in [0.15, 0.2) is 0 Å². The molecule has 4 rings (SSSR count). The first-order chi connectivity index (χ1) is 13.6. The second-order valence-electron chi connectivity index (χ2n) is 8.03. The second-order valence-corrected chi connectivity index (χ2v) is 8.98. The molecule has 5 heteroatoms. The van der Waals surface area contributed by atoms with E-state index >= 15 is 0 Å². The maximum atomic E-state index is 13.2. The van der Waals surface area contributed by atoms with Crippen molar-refractivity contribution in [3.63, 3.8) is 0 Å². The predicted octanol–water partition coefficient (Wildman–Crippen LogP) is 5.41. The van der Waals surface area contributed by atoms with E-state index in [0.717, 1.165) is 35.4 Å². The molecule has 0 bridgehead atoms. The van der Waals surface area contributed by atoms with Crippen molar-refractivity contribution in [2.45, 2.75) is 70.5 Å². The Morgan fingerprint density at radius 3 is 2.50 bits per heavy atom. The SMILES string of the molecule is CC(=O)N(C1CCCCC1)[C@H]1C[C@@H](C)N(C(=O)c2cccs2)c2ccccc21. The van der Waals surface area contributed by atoms with E-state index in [1.165, 1.54) is 30.6 Å². The number of rotatable bonds is 3. The number of benzene rings is 1. The van der Waals surface area contributed by atoms with Gasteiger partial charge in [0.2, 0.25) is 5.91 Å². The molecule has 1 aromatic heterocycles. The van der Waals surface area contributed by atoms with Crippen LogP contribution >= 0.6 is 11.3 Å². The fourth-order valence-electron chi connectivity index (χ4n) is 4.96. The third-order valence-corrected chi connectivity index (χ3v) is 7.04. The number of carbonyl (C=O) groups is 2. The van der Waals surface area contributed by atoms with E-state index in [9.17, 15) is 9.59 Å². The van der Waals surface area contributed by atoms with Crippen LogP contribution in [0, 0.1) is 0 Å². The van der Waals surface area contributed by atoms with Gasteiger partial charge in [0.1, 0.15) is 0 Å². The van der Waals surface area contributed by atoms with Crippen molar-refractivity contribution in [2.75, 3.05) is 4.90 Å². The highest BCUT2D eigenvalue weighted by Crippen LogP contribution is 2.43. The molecule has 1 aromatic carbocycles. The highest BCUT2D eigenvalue weighted by Gasteiger charge is 2.40. The smallest absolute Gasteiger partial charge is 0.268 e. The van der Waals surface area contributed by atoms with Crippen LogP contribution in [0.2, 0.25) is 0 Å². The van der Waals surface area contributed by atoms with E-state index in [4.69, 9.17) is 0 Å². The summed E-state index contributed by atoms with van der Waals surface area (Å²) in [6, 6.07) is 12.3. The monoisotopic (exact) mass is 396 g/mol. The lowest BCUT2D eigenvalue weighted by atomic mass is 9.86. The molecule has 2 aliphatic rings. The molecule has 0 spiro atoms. The van der Waals surface area contributed by atoms with Crippen LogP contribution < -0.4 is 4.90 Å². The highest BCUT2D eigenvalue weighted by atomic mass is 32.1. The number of anilines is 1. The summed E-state index contributed by atoms with van der Waals surface area (Å²) in [4.78, 5) is 30.7. The second kappa shape index (κ2) is 8.08. The summed E-state index contributed by atoms with van der Waals surface area (Å²) < 4.78 is 0. The minimum atomic E-state index is 0.0409. The lowest BCUT2D eigenvalue weighted by molar-refractivity contribution is -0.135. The van der Waals surface area contributed by atoms with Gasteiger partial charge in [-0.3, -0.25) is 9.59 Å². The summed E-state index contributed by atoms with van der Waals surface area (Å²) in [5, 5.41) is 1.94. The fourth-order valence-corrected chi connectivity index (χ4v) is 5.62. The van der Waals surface area contributed by atoms with Crippen LogP contribution in [0.15, 0.2) is 41.8 Å². The number of carbonyl (C=O) groups excluding carboxylic acids is 2. The van der Waals surface area contributed by atoms with Gasteiger partial charge in [-0.25, -0.2) is 0 Å². The topological polar surface area (TPSA) is 40.6 Å². The van der Waals surface area contributed by atoms with Crippen molar-refractivity contribution in [3.8, 4) is 0 Å². The Labute approximate surface area is 171 Å². The molecule has 2 heterocycles. The lowest BCUT2D eigenvalue weighted by Gasteiger charge is -2.46. The summed E-state index contributed by atoms with van der Waals surface area (Å²) in [6.45, 7) is 3.80. The summed E-state index contributed by atoms with van der Waals surface area (Å²) in [5.74, 6) is 0.206.